The van der Waals surface area contributed by atoms with E-state index in [9.17, 15) is 43.2 Å². The molecule has 7 nitrogen and oxygen atoms in total. The largest absolute Gasteiger partial charge is 0.512 e. The number of nitrogens with one attached hydrogen (secondary N) is 1. The Morgan fingerprint density at radius 1 is 0.926 bits per heavy atom. The first-order chi connectivity index (χ1) is 12.0. The molecule has 0 aliphatic carbocycles. The van der Waals surface area contributed by atoms with Gasteiger partial charge >= 0.3 is 31.1 Å². The molecule has 162 valence electrons. The molecular formula is C12H21F6N3O4S2. The molecular weight excluding hydrogens is 428 g/mol. The third-order valence-corrected chi connectivity index (χ3v) is 6.39. The Bertz CT molecular complexity index is 662. The van der Waals surface area contributed by atoms with E-state index in [1.165, 1.54) is 25.8 Å². The van der Waals surface area contributed by atoms with Gasteiger partial charge < -0.3 is 9.80 Å². The van der Waals surface area contributed by atoms with E-state index < -0.39 is 35.2 Å². The lowest BCUT2D eigenvalue weighted by atomic mass is 10.2. The fourth-order valence-corrected chi connectivity index (χ4v) is 3.63. The molecule has 1 heterocycles. The molecule has 0 fully saturated rings. The van der Waals surface area contributed by atoms with Gasteiger partial charge in [-0.25, -0.2) is 16.8 Å². The van der Waals surface area contributed by atoms with Crippen molar-refractivity contribution in [2.75, 3.05) is 13.6 Å². The summed E-state index contributed by atoms with van der Waals surface area (Å²) in [4.78, 5) is 4.64. The van der Waals surface area contributed by atoms with Crippen LogP contribution in [0.25, 0.3) is 0 Å². The van der Waals surface area contributed by atoms with Crippen LogP contribution in [-0.4, -0.2) is 57.4 Å². The summed E-state index contributed by atoms with van der Waals surface area (Å²) in [6, 6.07) is 0. The molecule has 1 rings (SSSR count). The minimum atomic E-state index is -6.60. The summed E-state index contributed by atoms with van der Waals surface area (Å²) in [5.41, 5.74) is -12.3. The molecule has 27 heavy (non-hydrogen) atoms. The molecule has 0 spiro atoms. The number of nitrogens with zero attached hydrogens (tertiary/aromatic N) is 2. The lowest BCUT2D eigenvalue weighted by Gasteiger charge is -2.26. The summed E-state index contributed by atoms with van der Waals surface area (Å²) in [6.07, 6.45) is 8.88. The van der Waals surface area contributed by atoms with Gasteiger partial charge in [0.2, 0.25) is 0 Å². The monoisotopic (exact) mass is 449 g/mol. The van der Waals surface area contributed by atoms with Crippen molar-refractivity contribution in [2.45, 2.75) is 50.3 Å². The van der Waals surface area contributed by atoms with Crippen molar-refractivity contribution in [3.63, 3.8) is 0 Å². The topological polar surface area (TPSA) is 86.8 Å². The van der Waals surface area contributed by atoms with Crippen LogP contribution in [0.2, 0.25) is 0 Å². The van der Waals surface area contributed by atoms with Crippen LogP contribution >= 0.6 is 0 Å². The van der Waals surface area contributed by atoms with Gasteiger partial charge in [0.25, 0.3) is 0 Å². The highest BCUT2D eigenvalue weighted by molar-refractivity contribution is 8.05. The van der Waals surface area contributed by atoms with Crippen LogP contribution < -0.4 is 4.13 Å². The van der Waals surface area contributed by atoms with Gasteiger partial charge in [-0.1, -0.05) is 23.9 Å². The molecule has 0 saturated heterocycles. The predicted molar refractivity (Wildman–Crippen MR) is 85.7 cm³/mol. The maximum atomic E-state index is 11.5. The summed E-state index contributed by atoms with van der Waals surface area (Å²) in [5.74, 6) is 0. The van der Waals surface area contributed by atoms with E-state index in [1.54, 1.807) is 0 Å². The minimum Gasteiger partial charge on any atom is -0.359 e. The van der Waals surface area contributed by atoms with Gasteiger partial charge in [-0.2, -0.15) is 26.3 Å². The maximum Gasteiger partial charge on any atom is 0.512 e. The van der Waals surface area contributed by atoms with Crippen LogP contribution in [0, 0.1) is 0 Å². The third kappa shape index (κ3) is 7.73. The summed E-state index contributed by atoms with van der Waals surface area (Å²) in [5, 5.41) is 0. The zero-order valence-electron chi connectivity index (χ0n) is 14.7. The fraction of sp³-hybridized carbons (Fsp3) is 0.833. The molecule has 0 aromatic heterocycles. The first kappa shape index (κ1) is 25.8. The van der Waals surface area contributed by atoms with Crippen LogP contribution in [0.4, 0.5) is 26.3 Å². The van der Waals surface area contributed by atoms with E-state index in [0.29, 0.717) is 6.17 Å². The molecule has 1 unspecified atom stereocenters. The number of unbranched alkanes of at least 4 members (excludes halogenated alkanes) is 2. The van der Waals surface area contributed by atoms with Gasteiger partial charge in [0.05, 0.1) is 6.17 Å². The van der Waals surface area contributed by atoms with E-state index >= 15 is 0 Å². The second kappa shape index (κ2) is 9.32. The zero-order chi connectivity index (χ0) is 21.7. The highest BCUT2D eigenvalue weighted by Gasteiger charge is 2.55. The smallest absolute Gasteiger partial charge is 0.359 e. The number of halogens is 6. The molecule has 0 aromatic rings. The van der Waals surface area contributed by atoms with E-state index in [-0.39, 0.29) is 0 Å². The minimum absolute atomic E-state index is 0.493. The van der Waals surface area contributed by atoms with Crippen molar-refractivity contribution in [3.8, 4) is 0 Å². The van der Waals surface area contributed by atoms with E-state index in [2.05, 4.69) is 43.1 Å². The molecule has 1 N–H and O–H groups in total. The Morgan fingerprint density at radius 2 is 1.37 bits per heavy atom. The Balaban J connectivity index is 0.000000511. The van der Waals surface area contributed by atoms with Crippen molar-refractivity contribution < 1.29 is 43.2 Å². The van der Waals surface area contributed by atoms with Gasteiger partial charge in [0.15, 0.2) is 0 Å². The number of hydrogen-bond donors (Lipinski definition) is 1. The van der Waals surface area contributed by atoms with Crippen LogP contribution in [0.5, 0.6) is 0 Å². The summed E-state index contributed by atoms with van der Waals surface area (Å²) < 4.78 is 108. The quantitative estimate of drug-likeness (QED) is 0.496. The molecule has 0 radical (unpaired) electrons. The van der Waals surface area contributed by atoms with Gasteiger partial charge in [-0.3, -0.25) is 0 Å². The Labute approximate surface area is 154 Å². The van der Waals surface area contributed by atoms with Crippen molar-refractivity contribution in [1.82, 2.24) is 13.9 Å². The molecule has 1 aliphatic rings. The van der Waals surface area contributed by atoms with Crippen molar-refractivity contribution >= 4 is 20.0 Å². The van der Waals surface area contributed by atoms with E-state index in [4.69, 9.17) is 0 Å². The van der Waals surface area contributed by atoms with Gasteiger partial charge in [0.1, 0.15) is 0 Å². The van der Waals surface area contributed by atoms with Crippen molar-refractivity contribution in [3.05, 3.63) is 12.4 Å². The first-order valence-corrected chi connectivity index (χ1v) is 10.5. The molecule has 0 aromatic carbocycles. The third-order valence-electron chi connectivity index (χ3n) is 3.41. The highest BCUT2D eigenvalue weighted by atomic mass is 32.3. The number of hydrogen-bond acceptors (Lipinski definition) is 6. The van der Waals surface area contributed by atoms with Crippen LogP contribution in [0.15, 0.2) is 12.4 Å². The number of alkyl halides is 6. The van der Waals surface area contributed by atoms with Gasteiger partial charge in [-0.05, 0) is 13.3 Å². The average molecular weight is 449 g/mol. The summed E-state index contributed by atoms with van der Waals surface area (Å²) >= 11 is 0. The standard InChI is InChI=1S/C10H20N2.C2HF6NO4S2/c1-4-5-6-7-12-9-8-11(3)10(12)2;3-1(4,5)14(10,11)9-15(12,13)2(6,7)8/h8-10H,4-7H2,1-3H3;9H. The number of sulfonamides is 2. The molecule has 1 aliphatic heterocycles. The second-order valence-corrected chi connectivity index (χ2v) is 9.13. The lowest BCUT2D eigenvalue weighted by Crippen LogP contribution is -2.45. The Kier molecular flexibility index (Phi) is 8.90. The summed E-state index contributed by atoms with van der Waals surface area (Å²) in [7, 11) is -11.1. The lowest BCUT2D eigenvalue weighted by molar-refractivity contribution is -0.0476. The normalized spacial score (nSPS) is 18.5. The maximum absolute atomic E-state index is 11.5. The second-order valence-electron chi connectivity index (χ2n) is 5.52. The van der Waals surface area contributed by atoms with E-state index in [1.807, 2.05) is 0 Å². The molecule has 0 amide bonds. The molecule has 0 saturated carbocycles. The van der Waals surface area contributed by atoms with Crippen LogP contribution in [0.3, 0.4) is 0 Å². The van der Waals surface area contributed by atoms with Crippen molar-refractivity contribution in [2.24, 2.45) is 0 Å². The predicted octanol–water partition coefficient (Wildman–Crippen LogP) is 2.52. The Hall–Kier alpha value is -1.22. The fourth-order valence-electron chi connectivity index (χ4n) is 1.72. The van der Waals surface area contributed by atoms with Gasteiger partial charge in [0, 0.05) is 26.0 Å². The zero-order valence-corrected chi connectivity index (χ0v) is 16.3. The molecule has 0 bridgehead atoms. The Morgan fingerprint density at radius 3 is 1.67 bits per heavy atom. The van der Waals surface area contributed by atoms with E-state index in [0.717, 1.165) is 0 Å². The first-order valence-electron chi connectivity index (χ1n) is 7.53. The molecule has 15 heteroatoms. The van der Waals surface area contributed by atoms with Crippen molar-refractivity contribution in [1.29, 1.82) is 0 Å². The summed E-state index contributed by atoms with van der Waals surface area (Å²) in [6.45, 7) is 5.69. The highest BCUT2D eigenvalue weighted by Crippen LogP contribution is 2.27. The molecule has 1 atom stereocenters. The SMILES string of the molecule is CCCCCN1C=CN(C)C1C.O=S(=O)(NS(=O)(=O)C(F)(F)F)C(F)(F)F. The van der Waals surface area contributed by atoms with Gasteiger partial charge in [-0.15, -0.1) is 0 Å². The van der Waals surface area contributed by atoms with Crippen LogP contribution in [0.1, 0.15) is 33.1 Å². The van der Waals surface area contributed by atoms with Crippen LogP contribution in [-0.2, 0) is 20.0 Å². The average Bonchev–Trinajstić information content (AvgIpc) is 2.77. The number of rotatable bonds is 6.